The molecular weight excluding hydrogens is 370 g/mol. The third-order valence-corrected chi connectivity index (χ3v) is 6.60. The van der Waals surface area contributed by atoms with E-state index in [4.69, 9.17) is 0 Å². The van der Waals surface area contributed by atoms with Gasteiger partial charge in [-0.3, -0.25) is 9.80 Å². The van der Waals surface area contributed by atoms with E-state index in [1.54, 1.807) is 0 Å². The number of benzene rings is 2. The molecule has 0 atom stereocenters. The Morgan fingerprint density at radius 1 is 0.800 bits per heavy atom. The summed E-state index contributed by atoms with van der Waals surface area (Å²) in [6.07, 6.45) is 4.49. The Morgan fingerprint density at radius 3 is 2.23 bits per heavy atom. The van der Waals surface area contributed by atoms with Gasteiger partial charge < -0.3 is 4.57 Å². The van der Waals surface area contributed by atoms with Crippen LogP contribution in [0.5, 0.6) is 0 Å². The maximum absolute atomic E-state index is 13.7. The fraction of sp³-hybridized carbons (Fsp3) is 0.346. The minimum Gasteiger partial charge on any atom is -0.312 e. The van der Waals surface area contributed by atoms with E-state index in [0.717, 1.165) is 54.1 Å². The van der Waals surface area contributed by atoms with Gasteiger partial charge in [0.25, 0.3) is 5.91 Å². The van der Waals surface area contributed by atoms with Gasteiger partial charge in [-0.25, -0.2) is 5.01 Å². The van der Waals surface area contributed by atoms with Gasteiger partial charge in [-0.1, -0.05) is 55.0 Å². The minimum atomic E-state index is 0.167. The fourth-order valence-electron chi connectivity index (χ4n) is 5.12. The smallest absolute Gasteiger partial charge is 0.270 e. The van der Waals surface area contributed by atoms with Gasteiger partial charge in [-0.15, -0.1) is 0 Å². The molecule has 2 aliphatic heterocycles. The van der Waals surface area contributed by atoms with Gasteiger partial charge >= 0.3 is 0 Å². The molecule has 0 unspecified atom stereocenters. The van der Waals surface area contributed by atoms with Crippen LogP contribution < -0.4 is 0 Å². The highest BCUT2D eigenvalue weighted by Gasteiger charge is 2.35. The molecule has 3 aromatic rings. The molecule has 2 aliphatic rings. The first kappa shape index (κ1) is 19.1. The van der Waals surface area contributed by atoms with Crippen molar-refractivity contribution in [3.63, 3.8) is 0 Å². The minimum absolute atomic E-state index is 0.167. The Labute approximate surface area is 178 Å². The summed E-state index contributed by atoms with van der Waals surface area (Å²) in [4.78, 5) is 13.7. The summed E-state index contributed by atoms with van der Waals surface area (Å²) in [6, 6.07) is 19.0. The summed E-state index contributed by atoms with van der Waals surface area (Å²) in [6.45, 7) is 7.01. The van der Waals surface area contributed by atoms with Gasteiger partial charge in [-0.05, 0) is 49.4 Å². The highest BCUT2D eigenvalue weighted by Crippen LogP contribution is 2.38. The van der Waals surface area contributed by atoms with E-state index < -0.39 is 0 Å². The van der Waals surface area contributed by atoms with Crippen molar-refractivity contribution >= 4 is 5.91 Å². The molecule has 3 heterocycles. The van der Waals surface area contributed by atoms with Crippen LogP contribution in [0.15, 0.2) is 54.6 Å². The maximum Gasteiger partial charge on any atom is 0.270 e. The standard InChI is InChI=1S/C26H29N3O/c1-19-11-7-8-14-22(19)29-23-15-18-28(27-16-9-4-10-17-27)26(30)24(23)20(2)25(29)21-12-5-3-6-13-21/h3,5-8,11-14H,4,9-10,15-18H2,1-2H3. The quantitative estimate of drug-likeness (QED) is 0.609. The molecule has 1 amide bonds. The molecule has 0 bridgehead atoms. The van der Waals surface area contributed by atoms with Gasteiger partial charge in [0, 0.05) is 37.4 Å². The number of hydrogen-bond acceptors (Lipinski definition) is 2. The summed E-state index contributed by atoms with van der Waals surface area (Å²) < 4.78 is 2.35. The van der Waals surface area contributed by atoms with Crippen LogP contribution in [0.1, 0.15) is 46.4 Å². The molecule has 0 spiro atoms. The third-order valence-electron chi connectivity index (χ3n) is 6.60. The van der Waals surface area contributed by atoms with E-state index in [2.05, 4.69) is 72.0 Å². The van der Waals surface area contributed by atoms with E-state index >= 15 is 0 Å². The lowest BCUT2D eigenvalue weighted by molar-refractivity contribution is -0.0237. The van der Waals surface area contributed by atoms with E-state index in [1.807, 2.05) is 11.1 Å². The zero-order valence-electron chi connectivity index (χ0n) is 17.9. The lowest BCUT2D eigenvalue weighted by atomic mass is 10.0. The highest BCUT2D eigenvalue weighted by atomic mass is 16.2. The molecular formula is C26H29N3O. The number of amides is 1. The van der Waals surface area contributed by atoms with Crippen molar-refractivity contribution in [3.8, 4) is 16.9 Å². The van der Waals surface area contributed by atoms with Crippen LogP contribution in [-0.4, -0.2) is 40.1 Å². The molecule has 1 fully saturated rings. The number of aromatic nitrogens is 1. The van der Waals surface area contributed by atoms with Crippen molar-refractivity contribution in [2.45, 2.75) is 39.5 Å². The molecule has 1 aromatic heterocycles. The van der Waals surface area contributed by atoms with Crippen molar-refractivity contribution < 1.29 is 4.79 Å². The number of nitrogens with zero attached hydrogens (tertiary/aromatic N) is 3. The Hall–Kier alpha value is -2.85. The Bertz CT molecular complexity index is 1080. The zero-order valence-corrected chi connectivity index (χ0v) is 17.9. The first-order chi connectivity index (χ1) is 14.7. The summed E-state index contributed by atoms with van der Waals surface area (Å²) in [7, 11) is 0. The van der Waals surface area contributed by atoms with Crippen LogP contribution in [0.3, 0.4) is 0 Å². The molecule has 0 N–H and O–H groups in total. The number of aryl methyl sites for hydroxylation is 1. The van der Waals surface area contributed by atoms with Crippen molar-refractivity contribution in [1.82, 2.24) is 14.6 Å². The van der Waals surface area contributed by atoms with Gasteiger partial charge in [0.15, 0.2) is 0 Å². The summed E-state index contributed by atoms with van der Waals surface area (Å²) >= 11 is 0. The largest absolute Gasteiger partial charge is 0.312 e. The zero-order chi connectivity index (χ0) is 20.7. The Balaban J connectivity index is 1.70. The van der Waals surface area contributed by atoms with E-state index in [9.17, 15) is 4.79 Å². The van der Waals surface area contributed by atoms with Gasteiger partial charge in [0.1, 0.15) is 0 Å². The van der Waals surface area contributed by atoms with Crippen LogP contribution in [0, 0.1) is 13.8 Å². The predicted molar refractivity (Wildman–Crippen MR) is 121 cm³/mol. The lowest BCUT2D eigenvalue weighted by Crippen LogP contribution is -2.51. The maximum atomic E-state index is 13.7. The third kappa shape index (κ3) is 3.07. The number of carbonyl (C=O) groups is 1. The SMILES string of the molecule is Cc1ccccc1-n1c2c(c(C)c1-c1ccccc1)C(=O)N(N1CCCCC1)CC2. The average molecular weight is 400 g/mol. The number of carbonyl (C=O) groups excluding carboxylic acids is 1. The second-order valence-corrected chi connectivity index (χ2v) is 8.48. The molecule has 30 heavy (non-hydrogen) atoms. The summed E-state index contributed by atoms with van der Waals surface area (Å²) in [5.41, 5.74) is 7.83. The van der Waals surface area contributed by atoms with E-state index in [0.29, 0.717) is 0 Å². The van der Waals surface area contributed by atoms with Crippen LogP contribution in [0.25, 0.3) is 16.9 Å². The van der Waals surface area contributed by atoms with Crippen LogP contribution in [-0.2, 0) is 6.42 Å². The first-order valence-corrected chi connectivity index (χ1v) is 11.1. The number of para-hydroxylation sites is 1. The van der Waals surface area contributed by atoms with Crippen molar-refractivity contribution in [3.05, 3.63) is 77.0 Å². The molecule has 2 aromatic carbocycles. The predicted octanol–water partition coefficient (Wildman–Crippen LogP) is 5.16. The lowest BCUT2D eigenvalue weighted by Gasteiger charge is -2.39. The van der Waals surface area contributed by atoms with Gasteiger partial charge in [-0.2, -0.15) is 0 Å². The van der Waals surface area contributed by atoms with Crippen molar-refractivity contribution in [1.29, 1.82) is 0 Å². The summed E-state index contributed by atoms with van der Waals surface area (Å²) in [5, 5.41) is 4.30. The first-order valence-electron chi connectivity index (χ1n) is 11.1. The van der Waals surface area contributed by atoms with Crippen molar-refractivity contribution in [2.75, 3.05) is 19.6 Å². The fourth-order valence-corrected chi connectivity index (χ4v) is 5.12. The second-order valence-electron chi connectivity index (χ2n) is 8.48. The van der Waals surface area contributed by atoms with Crippen LogP contribution >= 0.6 is 0 Å². The molecule has 154 valence electrons. The molecule has 1 saturated heterocycles. The van der Waals surface area contributed by atoms with Crippen LogP contribution in [0.4, 0.5) is 0 Å². The normalized spacial score (nSPS) is 17.3. The van der Waals surface area contributed by atoms with Gasteiger partial charge in [0.05, 0.1) is 11.3 Å². The average Bonchev–Trinajstić information content (AvgIpc) is 3.08. The monoisotopic (exact) mass is 399 g/mol. The van der Waals surface area contributed by atoms with E-state index in [1.165, 1.54) is 30.5 Å². The van der Waals surface area contributed by atoms with Crippen molar-refractivity contribution in [2.24, 2.45) is 0 Å². The number of piperidine rings is 1. The number of hydrazine groups is 1. The molecule has 0 aliphatic carbocycles. The number of hydrogen-bond donors (Lipinski definition) is 0. The van der Waals surface area contributed by atoms with E-state index in [-0.39, 0.29) is 5.91 Å². The Morgan fingerprint density at radius 2 is 1.50 bits per heavy atom. The number of fused-ring (bicyclic) bond motifs is 1. The highest BCUT2D eigenvalue weighted by molar-refractivity contribution is 6.00. The van der Waals surface area contributed by atoms with Gasteiger partial charge in [0.2, 0.25) is 0 Å². The number of rotatable bonds is 3. The molecule has 4 nitrogen and oxygen atoms in total. The molecule has 5 rings (SSSR count). The molecule has 0 radical (unpaired) electrons. The van der Waals surface area contributed by atoms with Crippen LogP contribution in [0.2, 0.25) is 0 Å². The topological polar surface area (TPSA) is 28.5 Å². The second kappa shape index (κ2) is 7.77. The molecule has 4 heteroatoms. The molecule has 0 saturated carbocycles. The Kier molecular flexibility index (Phi) is 4.95. The summed E-state index contributed by atoms with van der Waals surface area (Å²) in [5.74, 6) is 0.167.